The Bertz CT molecular complexity index is 697. The first-order valence-electron chi connectivity index (χ1n) is 12.1. The Hall–Kier alpha value is -2.18. The van der Waals surface area contributed by atoms with Gasteiger partial charge in [0.1, 0.15) is 0 Å². The Labute approximate surface area is 193 Å². The summed E-state index contributed by atoms with van der Waals surface area (Å²) >= 11 is 0. The number of rotatable bonds is 14. The molecule has 178 valence electrons. The summed E-state index contributed by atoms with van der Waals surface area (Å²) < 4.78 is 6.08. The molecule has 1 aliphatic carbocycles. The normalized spacial score (nSPS) is 18.2. The van der Waals surface area contributed by atoms with E-state index in [1.807, 2.05) is 13.1 Å². The van der Waals surface area contributed by atoms with Crippen molar-refractivity contribution in [2.45, 2.75) is 76.9 Å². The van der Waals surface area contributed by atoms with Gasteiger partial charge < -0.3 is 20.3 Å². The summed E-state index contributed by atoms with van der Waals surface area (Å²) in [6.45, 7) is 8.22. The van der Waals surface area contributed by atoms with Gasteiger partial charge in [-0.05, 0) is 89.2 Å². The molecule has 6 heteroatoms. The molecular formula is C26H41N3O3. The maximum absolute atomic E-state index is 12.6. The standard InChI is InChI=1S/C26H41N3O3/c1-4-5-18-27-19-8-6-7-9-20-32-25-16-14-24(15-17-25)29(3)26(31)28-23-12-10-22(11-13-23)21(2)30/h4,10-13,24-25,27H,1,5-9,14-20H2,2-3H3,(H,28,31)/t24-,25-. The number of unbranched alkanes of at least 4 members (excludes halogenated alkanes) is 3. The van der Waals surface area contributed by atoms with Crippen LogP contribution in [0.2, 0.25) is 0 Å². The molecule has 1 aliphatic rings. The molecule has 1 aromatic carbocycles. The molecule has 0 spiro atoms. The van der Waals surface area contributed by atoms with Gasteiger partial charge in [0, 0.05) is 30.9 Å². The molecule has 6 nitrogen and oxygen atoms in total. The van der Waals surface area contributed by atoms with Crippen molar-refractivity contribution in [3.05, 3.63) is 42.5 Å². The number of nitrogens with one attached hydrogen (secondary N) is 2. The van der Waals surface area contributed by atoms with Crippen LogP contribution in [-0.4, -0.2) is 55.6 Å². The predicted molar refractivity (Wildman–Crippen MR) is 131 cm³/mol. The summed E-state index contributed by atoms with van der Waals surface area (Å²) in [6, 6.07) is 7.15. The van der Waals surface area contributed by atoms with Crippen molar-refractivity contribution in [1.29, 1.82) is 0 Å². The van der Waals surface area contributed by atoms with Crippen molar-refractivity contribution in [3.63, 3.8) is 0 Å². The maximum atomic E-state index is 12.6. The minimum absolute atomic E-state index is 0.0196. The van der Waals surface area contributed by atoms with Crippen LogP contribution in [0, 0.1) is 0 Å². The smallest absolute Gasteiger partial charge is 0.321 e. The number of carbonyl (C=O) groups is 2. The maximum Gasteiger partial charge on any atom is 0.321 e. The van der Waals surface area contributed by atoms with Crippen LogP contribution in [0.1, 0.15) is 75.1 Å². The van der Waals surface area contributed by atoms with Gasteiger partial charge in [0.15, 0.2) is 5.78 Å². The summed E-state index contributed by atoms with van der Waals surface area (Å²) in [5.41, 5.74) is 1.35. The lowest BCUT2D eigenvalue weighted by molar-refractivity contribution is 0.0131. The number of urea groups is 1. The van der Waals surface area contributed by atoms with Crippen molar-refractivity contribution in [2.75, 3.05) is 32.1 Å². The second-order valence-corrected chi connectivity index (χ2v) is 8.72. The lowest BCUT2D eigenvalue weighted by atomic mass is 9.92. The quantitative estimate of drug-likeness (QED) is 0.229. The molecule has 2 amide bonds. The third kappa shape index (κ3) is 9.53. The van der Waals surface area contributed by atoms with Crippen LogP contribution in [0.25, 0.3) is 0 Å². The highest BCUT2D eigenvalue weighted by atomic mass is 16.5. The van der Waals surface area contributed by atoms with E-state index in [9.17, 15) is 9.59 Å². The van der Waals surface area contributed by atoms with E-state index in [-0.39, 0.29) is 17.9 Å². The molecule has 2 N–H and O–H groups in total. The fraction of sp³-hybridized carbons (Fsp3) is 0.615. The minimum atomic E-state index is -0.107. The Morgan fingerprint density at radius 2 is 1.75 bits per heavy atom. The molecule has 2 rings (SSSR count). The molecule has 32 heavy (non-hydrogen) atoms. The van der Waals surface area contributed by atoms with E-state index in [0.29, 0.717) is 17.4 Å². The Morgan fingerprint density at radius 1 is 1.06 bits per heavy atom. The molecule has 0 bridgehead atoms. The van der Waals surface area contributed by atoms with Crippen LogP contribution >= 0.6 is 0 Å². The topological polar surface area (TPSA) is 70.7 Å². The third-order valence-electron chi connectivity index (χ3n) is 6.18. The average molecular weight is 444 g/mol. The zero-order chi connectivity index (χ0) is 23.2. The van der Waals surface area contributed by atoms with E-state index in [4.69, 9.17) is 4.74 Å². The third-order valence-corrected chi connectivity index (χ3v) is 6.18. The van der Waals surface area contributed by atoms with Crippen LogP contribution in [0.3, 0.4) is 0 Å². The van der Waals surface area contributed by atoms with Gasteiger partial charge in [0.2, 0.25) is 0 Å². The number of hydrogen-bond donors (Lipinski definition) is 2. The second-order valence-electron chi connectivity index (χ2n) is 8.72. The van der Waals surface area contributed by atoms with Crippen molar-refractivity contribution in [1.82, 2.24) is 10.2 Å². The SMILES string of the molecule is C=CCCNCCCCCCO[C@H]1CC[C@H](N(C)C(=O)Nc2ccc(C(C)=O)cc2)CC1. The average Bonchev–Trinajstić information content (AvgIpc) is 2.80. The second kappa shape index (κ2) is 14.8. The molecule has 1 saturated carbocycles. The number of anilines is 1. The molecule has 0 radical (unpaired) electrons. The Morgan fingerprint density at radius 3 is 2.41 bits per heavy atom. The van der Waals surface area contributed by atoms with Gasteiger partial charge in [-0.1, -0.05) is 18.9 Å². The van der Waals surface area contributed by atoms with Crippen LogP contribution in [0.5, 0.6) is 0 Å². The first-order chi connectivity index (χ1) is 15.5. The highest BCUT2D eigenvalue weighted by Crippen LogP contribution is 2.25. The summed E-state index contributed by atoms with van der Waals surface area (Å²) in [5.74, 6) is 0.0196. The number of hydrogen-bond acceptors (Lipinski definition) is 4. The van der Waals surface area contributed by atoms with E-state index >= 15 is 0 Å². The number of carbonyl (C=O) groups excluding carboxylic acids is 2. The number of ketones is 1. The van der Waals surface area contributed by atoms with Gasteiger partial charge in [-0.15, -0.1) is 6.58 Å². The van der Waals surface area contributed by atoms with Gasteiger partial charge in [-0.25, -0.2) is 4.79 Å². The van der Waals surface area contributed by atoms with Gasteiger partial charge in [-0.3, -0.25) is 4.79 Å². The van der Waals surface area contributed by atoms with E-state index < -0.39 is 0 Å². The summed E-state index contributed by atoms with van der Waals surface area (Å²) in [7, 11) is 1.86. The molecule has 1 fully saturated rings. The van der Waals surface area contributed by atoms with E-state index in [1.165, 1.54) is 26.2 Å². The van der Waals surface area contributed by atoms with E-state index in [0.717, 1.165) is 58.2 Å². The van der Waals surface area contributed by atoms with Crippen molar-refractivity contribution < 1.29 is 14.3 Å². The lowest BCUT2D eigenvalue weighted by Gasteiger charge is -2.34. The molecule has 0 atom stereocenters. The number of benzene rings is 1. The van der Waals surface area contributed by atoms with Crippen LogP contribution < -0.4 is 10.6 Å². The van der Waals surface area contributed by atoms with Crippen LogP contribution in [0.4, 0.5) is 10.5 Å². The zero-order valence-electron chi connectivity index (χ0n) is 19.9. The fourth-order valence-electron chi connectivity index (χ4n) is 4.05. The minimum Gasteiger partial charge on any atom is -0.378 e. The van der Waals surface area contributed by atoms with Gasteiger partial charge >= 0.3 is 6.03 Å². The van der Waals surface area contributed by atoms with E-state index in [2.05, 4.69) is 17.2 Å². The number of nitrogens with zero attached hydrogens (tertiary/aromatic N) is 1. The Kier molecular flexibility index (Phi) is 12.1. The first-order valence-corrected chi connectivity index (χ1v) is 12.1. The van der Waals surface area contributed by atoms with Gasteiger partial charge in [0.05, 0.1) is 6.10 Å². The lowest BCUT2D eigenvalue weighted by Crippen LogP contribution is -2.42. The van der Waals surface area contributed by atoms with Crippen LogP contribution in [0.15, 0.2) is 36.9 Å². The van der Waals surface area contributed by atoms with Crippen molar-refractivity contribution in [2.24, 2.45) is 0 Å². The highest BCUT2D eigenvalue weighted by Gasteiger charge is 2.27. The highest BCUT2D eigenvalue weighted by molar-refractivity contribution is 5.95. The molecule has 0 saturated heterocycles. The molecule has 0 heterocycles. The fourth-order valence-corrected chi connectivity index (χ4v) is 4.05. The van der Waals surface area contributed by atoms with Crippen molar-refractivity contribution >= 4 is 17.5 Å². The predicted octanol–water partition coefficient (Wildman–Crippen LogP) is 5.41. The number of ether oxygens (including phenoxy) is 1. The Balaban J connectivity index is 1.56. The largest absolute Gasteiger partial charge is 0.378 e. The molecule has 0 aromatic heterocycles. The molecule has 0 aliphatic heterocycles. The number of amides is 2. The van der Waals surface area contributed by atoms with Crippen molar-refractivity contribution in [3.8, 4) is 0 Å². The zero-order valence-corrected chi connectivity index (χ0v) is 19.9. The monoisotopic (exact) mass is 443 g/mol. The molecule has 1 aromatic rings. The summed E-state index contributed by atoms with van der Waals surface area (Å²) in [4.78, 5) is 25.8. The first kappa shape index (κ1) is 26.1. The van der Waals surface area contributed by atoms with Gasteiger partial charge in [0.25, 0.3) is 0 Å². The van der Waals surface area contributed by atoms with Crippen LogP contribution in [-0.2, 0) is 4.74 Å². The molecule has 0 unspecified atom stereocenters. The summed E-state index contributed by atoms with van der Waals surface area (Å²) in [5, 5.41) is 6.35. The van der Waals surface area contributed by atoms with Gasteiger partial charge in [-0.2, -0.15) is 0 Å². The van der Waals surface area contributed by atoms with E-state index in [1.54, 1.807) is 29.2 Å². The summed E-state index contributed by atoms with van der Waals surface area (Å²) in [6.07, 6.45) is 12.0. The molecular weight excluding hydrogens is 402 g/mol. The number of Topliss-reactive ketones (excluding diaryl/α,β-unsaturated/α-hetero) is 1.